The van der Waals surface area contributed by atoms with Gasteiger partial charge in [-0.25, -0.2) is 9.59 Å². The minimum absolute atomic E-state index is 0.0146. The van der Waals surface area contributed by atoms with E-state index >= 15 is 9.59 Å². The number of nitrogens with zero attached hydrogens (tertiary/aromatic N) is 3. The Balaban J connectivity index is 1.73. The van der Waals surface area contributed by atoms with Crippen molar-refractivity contribution < 1.29 is 33.1 Å². The van der Waals surface area contributed by atoms with Crippen LogP contribution in [0.2, 0.25) is 18.1 Å². The van der Waals surface area contributed by atoms with E-state index in [-0.39, 0.29) is 47.3 Å². The Labute approximate surface area is 379 Å². The maximum Gasteiger partial charge on any atom is 0.410 e. The van der Waals surface area contributed by atoms with Gasteiger partial charge in [-0.05, 0) is 47.4 Å². The number of β-lactam (4-membered cyclic amide) rings is 1. The van der Waals surface area contributed by atoms with Gasteiger partial charge in [0.05, 0.1) is 22.3 Å². The highest BCUT2D eigenvalue weighted by atomic mass is 32.2. The average Bonchev–Trinajstić information content (AvgIpc) is 3.67. The lowest BCUT2D eigenvalue weighted by Gasteiger charge is -2.55. The van der Waals surface area contributed by atoms with Gasteiger partial charge < -0.3 is 23.7 Å². The van der Waals surface area contributed by atoms with Crippen LogP contribution >= 0.6 is 30.9 Å². The van der Waals surface area contributed by atoms with Crippen LogP contribution in [0.1, 0.15) is 41.0 Å². The molecule has 14 heteroatoms. The van der Waals surface area contributed by atoms with Crippen LogP contribution in [-0.4, -0.2) is 114 Å². The number of thiocarbonyl (C=S) groups is 1. The lowest BCUT2D eigenvalue weighted by atomic mass is 9.77. The summed E-state index contributed by atoms with van der Waals surface area (Å²) < 4.78 is 19.0. The monoisotopic (exact) mass is 915 g/mol. The molecule has 2 aliphatic heterocycles. The quantitative estimate of drug-likeness (QED) is 0.0359. The van der Waals surface area contributed by atoms with Gasteiger partial charge in [-0.15, -0.1) is 11.8 Å². The number of carbonyl (C=O) groups excluding carboxylic acids is 4. The molecule has 0 aromatic heterocycles. The van der Waals surface area contributed by atoms with Crippen LogP contribution in [0.3, 0.4) is 0 Å². The molecule has 0 aliphatic carbocycles. The maximum absolute atomic E-state index is 15.4. The number of hydrogen-bond donors (Lipinski definition) is 0. The number of amides is 3. The first kappa shape index (κ1) is 48.8. The van der Waals surface area contributed by atoms with Crippen molar-refractivity contribution in [2.75, 3.05) is 33.9 Å². The normalized spacial score (nSPS) is 20.0. The molecule has 5 rings (SSSR count). The van der Waals surface area contributed by atoms with Crippen LogP contribution in [0.4, 0.5) is 4.79 Å². The van der Waals surface area contributed by atoms with Gasteiger partial charge in [-0.2, -0.15) is 0 Å². The van der Waals surface area contributed by atoms with Crippen molar-refractivity contribution in [3.8, 4) is 0 Å². The summed E-state index contributed by atoms with van der Waals surface area (Å²) in [4.78, 5) is 61.9. The highest BCUT2D eigenvalue weighted by Crippen LogP contribution is 2.52. The number of ether oxygens (including phenoxy) is 2. The lowest BCUT2D eigenvalue weighted by Crippen LogP contribution is -2.71. The summed E-state index contributed by atoms with van der Waals surface area (Å²) in [6, 6.07) is 28.3. The molecule has 2 heterocycles. The molecule has 2 fully saturated rings. The predicted molar refractivity (Wildman–Crippen MR) is 262 cm³/mol. The van der Waals surface area contributed by atoms with E-state index in [4.69, 9.17) is 26.1 Å². The second-order valence-electron chi connectivity index (χ2n) is 17.5. The first-order valence-electron chi connectivity index (χ1n) is 21.0. The van der Waals surface area contributed by atoms with Gasteiger partial charge in [0.1, 0.15) is 24.7 Å². The minimum atomic E-state index is -3.21. The first-order valence-corrected chi connectivity index (χ1v) is 27.0. The summed E-state index contributed by atoms with van der Waals surface area (Å²) in [5.41, 5.74) is 0.252. The Hall–Kier alpha value is -4.26. The molecular formula is C48H62N3O7PS2Si. The van der Waals surface area contributed by atoms with Gasteiger partial charge >= 0.3 is 12.1 Å². The summed E-state index contributed by atoms with van der Waals surface area (Å²) in [6.45, 7) is 19.2. The van der Waals surface area contributed by atoms with E-state index in [1.807, 2.05) is 105 Å². The maximum atomic E-state index is 15.4. The number of benzene rings is 3. The fraction of sp³-hybridized carbons (Fsp3) is 0.417. The zero-order chi connectivity index (χ0) is 45.6. The SMILES string of the molecule is C=CCOC(=O)C(N1C(=O)[C@H]([C@@H](C)O[Si](C)(C)C(C)(C)C)[C@H]1[C@@H](C)C(=S)S[C@H]1C[C@@H](C(=O)N(C)C)N(C(=O)OCC=C)C1)=P(c1ccccc1)(c1ccccc1)c1ccccc1. The van der Waals surface area contributed by atoms with E-state index in [1.54, 1.807) is 19.0 Å². The molecule has 62 heavy (non-hydrogen) atoms. The third-order valence-corrected chi connectivity index (χ3v) is 23.0. The Morgan fingerprint density at radius 3 is 1.82 bits per heavy atom. The third-order valence-electron chi connectivity index (χ3n) is 12.2. The first-order chi connectivity index (χ1) is 29.3. The zero-order valence-corrected chi connectivity index (χ0v) is 41.0. The van der Waals surface area contributed by atoms with E-state index in [9.17, 15) is 9.59 Å². The molecule has 0 bridgehead atoms. The molecule has 3 aromatic rings. The molecule has 3 amide bonds. The van der Waals surface area contributed by atoms with Crippen LogP contribution < -0.4 is 15.9 Å². The number of thioether (sulfide) groups is 1. The van der Waals surface area contributed by atoms with Crippen LogP contribution in [-0.2, 0) is 28.3 Å². The Kier molecular flexibility index (Phi) is 16.1. The van der Waals surface area contributed by atoms with Crippen molar-refractivity contribution in [2.45, 2.75) is 82.6 Å². The van der Waals surface area contributed by atoms with E-state index < -0.39 is 57.3 Å². The molecule has 2 saturated heterocycles. The Bertz CT molecular complexity index is 2080. The van der Waals surface area contributed by atoms with Gasteiger partial charge in [-0.1, -0.05) is 156 Å². The summed E-state index contributed by atoms with van der Waals surface area (Å²) in [5, 5.41) is 2.24. The molecule has 3 aromatic carbocycles. The molecular weight excluding hydrogens is 854 g/mol. The standard InChI is InChI=1S/C48H62N3O7PS2Si/c1-12-29-56-45(54)44(59(35-23-17-14-18-24-35,36-25-19-15-20-26-36)37-27-21-16-22-28-37)51-41(40(43(51)53)34(4)58-62(10,11)48(5,6)7)33(3)46(60)61-38-31-39(42(52)49(8)9)50(32-38)47(55)57-30-13-2/h12-28,33-34,38-41H,1-2,29-32H2,3-11H3/t33-,34-,38+,39+,40-,41-/m1/s1. The third kappa shape index (κ3) is 9.92. The van der Waals surface area contributed by atoms with Gasteiger partial charge in [0.25, 0.3) is 0 Å². The summed E-state index contributed by atoms with van der Waals surface area (Å²) >= 11 is 7.76. The molecule has 6 atom stereocenters. The van der Waals surface area contributed by atoms with Crippen molar-refractivity contribution in [3.63, 3.8) is 0 Å². The molecule has 0 spiro atoms. The number of likely N-dealkylation sites (tertiary alicyclic amines) is 2. The summed E-state index contributed by atoms with van der Waals surface area (Å²) in [5.74, 6) is -2.21. The summed E-state index contributed by atoms with van der Waals surface area (Å²) in [6.07, 6.45) is 2.25. The average molecular weight is 916 g/mol. The van der Waals surface area contributed by atoms with Crippen LogP contribution in [0.5, 0.6) is 0 Å². The molecule has 0 unspecified atom stereocenters. The van der Waals surface area contributed by atoms with E-state index in [1.165, 1.54) is 33.7 Å². The fourth-order valence-electron chi connectivity index (χ4n) is 8.11. The Morgan fingerprint density at radius 2 is 1.37 bits per heavy atom. The molecule has 0 saturated carbocycles. The number of hydrogen-bond acceptors (Lipinski definition) is 9. The largest absolute Gasteiger partial charge is 0.457 e. The number of esters is 1. The predicted octanol–water partition coefficient (Wildman–Crippen LogP) is 7.63. The lowest BCUT2D eigenvalue weighted by molar-refractivity contribution is -0.158. The highest BCUT2D eigenvalue weighted by molar-refractivity contribution is 8.23. The topological polar surface area (TPSA) is 106 Å². The van der Waals surface area contributed by atoms with Gasteiger partial charge in [0, 0.05) is 38.7 Å². The van der Waals surface area contributed by atoms with E-state index in [2.05, 4.69) is 47.0 Å². The number of carbonyl (C=O) groups is 4. The molecule has 332 valence electrons. The number of rotatable bonds is 16. The van der Waals surface area contributed by atoms with E-state index in [0.717, 1.165) is 15.9 Å². The van der Waals surface area contributed by atoms with Crippen molar-refractivity contribution in [2.24, 2.45) is 11.8 Å². The van der Waals surface area contributed by atoms with Crippen LogP contribution in [0.25, 0.3) is 0 Å². The van der Waals surface area contributed by atoms with Crippen LogP contribution in [0.15, 0.2) is 116 Å². The van der Waals surface area contributed by atoms with Gasteiger partial charge in [-0.3, -0.25) is 14.5 Å². The van der Waals surface area contributed by atoms with Crippen molar-refractivity contribution >= 4 is 88.6 Å². The Morgan fingerprint density at radius 1 is 0.887 bits per heavy atom. The second-order valence-corrected chi connectivity index (χ2v) is 27.7. The van der Waals surface area contributed by atoms with Gasteiger partial charge in [0.15, 0.2) is 8.32 Å². The van der Waals surface area contributed by atoms with Gasteiger partial charge in [0.2, 0.25) is 11.8 Å². The molecule has 0 radical (unpaired) electrons. The fourth-order valence-corrected chi connectivity index (χ4v) is 15.7. The molecule has 2 aliphatic rings. The zero-order valence-electron chi connectivity index (χ0n) is 37.5. The minimum Gasteiger partial charge on any atom is -0.457 e. The smallest absolute Gasteiger partial charge is 0.410 e. The summed E-state index contributed by atoms with van der Waals surface area (Å²) in [7, 11) is 0.918. The molecule has 10 nitrogen and oxygen atoms in total. The molecule has 0 N–H and O–H groups in total. The van der Waals surface area contributed by atoms with Crippen molar-refractivity contribution in [3.05, 3.63) is 116 Å². The number of likely N-dealkylation sites (N-methyl/N-ethyl adjacent to an activating group) is 1. The van der Waals surface area contributed by atoms with Crippen LogP contribution in [0, 0.1) is 11.8 Å². The highest BCUT2D eigenvalue weighted by Gasteiger charge is 2.59. The second kappa shape index (κ2) is 20.5. The van der Waals surface area contributed by atoms with E-state index in [0.29, 0.717) is 10.6 Å². The van der Waals surface area contributed by atoms with Crippen molar-refractivity contribution in [1.82, 2.24) is 14.7 Å². The van der Waals surface area contributed by atoms with Crippen molar-refractivity contribution in [1.29, 1.82) is 0 Å².